The lowest BCUT2D eigenvalue weighted by molar-refractivity contribution is 0.00768. The van der Waals surface area contributed by atoms with Gasteiger partial charge in [0.1, 0.15) is 5.60 Å². The number of hydrogen-bond donors (Lipinski definition) is 0. The van der Waals surface area contributed by atoms with Crippen molar-refractivity contribution in [2.24, 2.45) is 5.92 Å². The molecule has 1 fully saturated rings. The summed E-state index contributed by atoms with van der Waals surface area (Å²) in [6, 6.07) is 21.2. The monoisotopic (exact) mass is 309 g/mol. The number of benzene rings is 2. The van der Waals surface area contributed by atoms with Gasteiger partial charge in [0, 0.05) is 20.2 Å². The summed E-state index contributed by atoms with van der Waals surface area (Å²) in [6.07, 6.45) is 3.76. The van der Waals surface area contributed by atoms with Crippen molar-refractivity contribution >= 4 is 0 Å². The van der Waals surface area contributed by atoms with E-state index in [2.05, 4.69) is 72.6 Å². The smallest absolute Gasteiger partial charge is 0.119 e. The zero-order valence-corrected chi connectivity index (χ0v) is 14.2. The van der Waals surface area contributed by atoms with Gasteiger partial charge in [-0.15, -0.1) is 0 Å². The van der Waals surface area contributed by atoms with Crippen LogP contribution >= 0.6 is 0 Å². The first-order valence-corrected chi connectivity index (χ1v) is 8.59. The standard InChI is InChI=1S/C21H27NO/c1-22(17-18-13-14-18)16-15-21(23-2,19-9-5-3-6-10-19)20-11-7-4-8-12-20/h3-12,18H,13-17H2,1-2H3. The van der Waals surface area contributed by atoms with Crippen LogP contribution in [0.5, 0.6) is 0 Å². The van der Waals surface area contributed by atoms with E-state index in [0.717, 1.165) is 18.9 Å². The minimum absolute atomic E-state index is 0.375. The molecule has 2 aromatic rings. The summed E-state index contributed by atoms with van der Waals surface area (Å²) in [7, 11) is 4.07. The molecule has 0 atom stereocenters. The van der Waals surface area contributed by atoms with Crippen LogP contribution in [0, 0.1) is 5.92 Å². The first kappa shape index (κ1) is 16.2. The van der Waals surface area contributed by atoms with Crippen molar-refractivity contribution in [3.05, 3.63) is 71.8 Å². The van der Waals surface area contributed by atoms with Gasteiger partial charge in [0.05, 0.1) is 0 Å². The Kier molecular flexibility index (Phi) is 5.14. The van der Waals surface area contributed by atoms with Gasteiger partial charge in [-0.3, -0.25) is 0 Å². The van der Waals surface area contributed by atoms with Gasteiger partial charge in [-0.05, 0) is 43.4 Å². The molecule has 0 N–H and O–H groups in total. The van der Waals surface area contributed by atoms with Crippen molar-refractivity contribution in [2.45, 2.75) is 24.9 Å². The highest BCUT2D eigenvalue weighted by atomic mass is 16.5. The van der Waals surface area contributed by atoms with Gasteiger partial charge in [0.2, 0.25) is 0 Å². The van der Waals surface area contributed by atoms with Crippen molar-refractivity contribution in [3.8, 4) is 0 Å². The van der Waals surface area contributed by atoms with E-state index >= 15 is 0 Å². The predicted molar refractivity (Wildman–Crippen MR) is 95.5 cm³/mol. The van der Waals surface area contributed by atoms with Crippen LogP contribution < -0.4 is 0 Å². The largest absolute Gasteiger partial charge is 0.369 e. The fourth-order valence-corrected chi connectivity index (χ4v) is 3.39. The second-order valence-corrected chi connectivity index (χ2v) is 6.72. The molecular formula is C21H27NO. The molecule has 3 rings (SSSR count). The number of ether oxygens (including phenoxy) is 1. The number of methoxy groups -OCH3 is 1. The molecule has 0 aliphatic heterocycles. The molecule has 2 nitrogen and oxygen atoms in total. The summed E-state index contributed by atoms with van der Waals surface area (Å²) in [5.74, 6) is 0.922. The predicted octanol–water partition coefficient (Wildman–Crippen LogP) is 4.31. The normalized spacial score (nSPS) is 15.1. The fourth-order valence-electron chi connectivity index (χ4n) is 3.39. The molecule has 1 aliphatic carbocycles. The van der Waals surface area contributed by atoms with E-state index in [0.29, 0.717) is 0 Å². The molecule has 0 aromatic heterocycles. The van der Waals surface area contributed by atoms with E-state index in [1.165, 1.54) is 30.5 Å². The minimum Gasteiger partial charge on any atom is -0.369 e. The Labute approximate surface area is 140 Å². The molecule has 1 saturated carbocycles. The average molecular weight is 309 g/mol. The quantitative estimate of drug-likeness (QED) is 0.720. The van der Waals surface area contributed by atoms with Gasteiger partial charge in [-0.1, -0.05) is 60.7 Å². The van der Waals surface area contributed by atoms with Gasteiger partial charge < -0.3 is 9.64 Å². The third kappa shape index (κ3) is 3.82. The van der Waals surface area contributed by atoms with Crippen LogP contribution in [0.3, 0.4) is 0 Å². The maximum Gasteiger partial charge on any atom is 0.119 e. The third-order valence-corrected chi connectivity index (χ3v) is 4.94. The van der Waals surface area contributed by atoms with E-state index in [1.807, 2.05) is 7.11 Å². The van der Waals surface area contributed by atoms with Gasteiger partial charge in [-0.2, -0.15) is 0 Å². The van der Waals surface area contributed by atoms with Gasteiger partial charge in [0.25, 0.3) is 0 Å². The maximum atomic E-state index is 6.15. The molecule has 0 bridgehead atoms. The molecule has 1 aliphatic rings. The lowest BCUT2D eigenvalue weighted by Gasteiger charge is -2.35. The Morgan fingerprint density at radius 1 is 0.957 bits per heavy atom. The molecule has 2 aromatic carbocycles. The van der Waals surface area contributed by atoms with Gasteiger partial charge >= 0.3 is 0 Å². The van der Waals surface area contributed by atoms with Crippen molar-refractivity contribution in [2.75, 3.05) is 27.2 Å². The van der Waals surface area contributed by atoms with Crippen LogP contribution in [0.4, 0.5) is 0 Å². The highest BCUT2D eigenvalue weighted by molar-refractivity contribution is 5.36. The van der Waals surface area contributed by atoms with Crippen LogP contribution in [0.2, 0.25) is 0 Å². The van der Waals surface area contributed by atoms with Crippen LogP contribution in [0.25, 0.3) is 0 Å². The van der Waals surface area contributed by atoms with Crippen molar-refractivity contribution in [1.29, 1.82) is 0 Å². The van der Waals surface area contributed by atoms with E-state index in [-0.39, 0.29) is 5.60 Å². The zero-order valence-electron chi connectivity index (χ0n) is 14.2. The molecule has 2 heteroatoms. The van der Waals surface area contributed by atoms with E-state index in [4.69, 9.17) is 4.74 Å². The highest BCUT2D eigenvalue weighted by Crippen LogP contribution is 2.37. The van der Waals surface area contributed by atoms with Crippen LogP contribution in [0.15, 0.2) is 60.7 Å². The summed E-state index contributed by atoms with van der Waals surface area (Å²) in [5.41, 5.74) is 2.09. The Hall–Kier alpha value is -1.64. The first-order valence-electron chi connectivity index (χ1n) is 8.59. The SMILES string of the molecule is COC(CCN(C)CC1CC1)(c1ccccc1)c1ccccc1. The van der Waals surface area contributed by atoms with Gasteiger partial charge in [-0.25, -0.2) is 0 Å². The molecule has 0 amide bonds. The lowest BCUT2D eigenvalue weighted by atomic mass is 9.83. The zero-order chi connectivity index (χ0) is 16.1. The molecule has 0 spiro atoms. The van der Waals surface area contributed by atoms with Crippen molar-refractivity contribution in [1.82, 2.24) is 4.90 Å². The average Bonchev–Trinajstić information content (AvgIpc) is 3.42. The number of nitrogens with zero attached hydrogens (tertiary/aromatic N) is 1. The van der Waals surface area contributed by atoms with Gasteiger partial charge in [0.15, 0.2) is 0 Å². The molecule has 0 heterocycles. The summed E-state index contributed by atoms with van der Waals surface area (Å²) < 4.78 is 6.15. The molecule has 122 valence electrons. The van der Waals surface area contributed by atoms with E-state index in [9.17, 15) is 0 Å². The van der Waals surface area contributed by atoms with Crippen molar-refractivity contribution < 1.29 is 4.74 Å². The maximum absolute atomic E-state index is 6.15. The van der Waals surface area contributed by atoms with Crippen molar-refractivity contribution in [3.63, 3.8) is 0 Å². The number of hydrogen-bond acceptors (Lipinski definition) is 2. The summed E-state index contributed by atoms with van der Waals surface area (Å²) in [5, 5.41) is 0. The van der Waals surface area contributed by atoms with E-state index < -0.39 is 0 Å². The lowest BCUT2D eigenvalue weighted by Crippen LogP contribution is -2.35. The highest BCUT2D eigenvalue weighted by Gasteiger charge is 2.34. The molecular weight excluding hydrogens is 282 g/mol. The van der Waals surface area contributed by atoms with E-state index in [1.54, 1.807) is 0 Å². The summed E-state index contributed by atoms with van der Waals surface area (Å²) in [4.78, 5) is 2.46. The first-order chi connectivity index (χ1) is 11.2. The summed E-state index contributed by atoms with van der Waals surface area (Å²) in [6.45, 7) is 2.25. The Bertz CT molecular complexity index is 552. The molecule has 0 radical (unpaired) electrons. The number of rotatable bonds is 8. The fraction of sp³-hybridized carbons (Fsp3) is 0.429. The molecule has 0 saturated heterocycles. The topological polar surface area (TPSA) is 12.5 Å². The Morgan fingerprint density at radius 3 is 1.91 bits per heavy atom. The molecule has 23 heavy (non-hydrogen) atoms. The minimum atomic E-state index is -0.375. The van der Waals surface area contributed by atoms with Crippen LogP contribution in [-0.2, 0) is 10.3 Å². The van der Waals surface area contributed by atoms with Crippen LogP contribution in [-0.4, -0.2) is 32.1 Å². The Balaban J connectivity index is 1.85. The van der Waals surface area contributed by atoms with Crippen LogP contribution in [0.1, 0.15) is 30.4 Å². The third-order valence-electron chi connectivity index (χ3n) is 4.94. The second kappa shape index (κ2) is 7.29. The Morgan fingerprint density at radius 2 is 1.48 bits per heavy atom. The second-order valence-electron chi connectivity index (χ2n) is 6.72. The summed E-state index contributed by atoms with van der Waals surface area (Å²) >= 11 is 0. The molecule has 0 unspecified atom stereocenters.